The molecule has 0 saturated carbocycles. The van der Waals surface area contributed by atoms with Crippen LogP contribution in [0.1, 0.15) is 31.9 Å². The maximum Gasteiger partial charge on any atom is 0.283 e. The predicted molar refractivity (Wildman–Crippen MR) is 77.6 cm³/mol. The fourth-order valence-corrected chi connectivity index (χ4v) is 2.54. The van der Waals surface area contributed by atoms with Crippen LogP contribution in [0, 0.1) is 0 Å². The molecule has 1 aliphatic heterocycles. The van der Waals surface area contributed by atoms with Crippen molar-refractivity contribution in [2.24, 2.45) is 0 Å². The van der Waals surface area contributed by atoms with Gasteiger partial charge in [0.2, 0.25) is 0 Å². The summed E-state index contributed by atoms with van der Waals surface area (Å²) in [6.07, 6.45) is -0.246. The molecule has 114 valence electrons. The van der Waals surface area contributed by atoms with Gasteiger partial charge in [-0.2, -0.15) is 0 Å². The standard InChI is InChI=1S/C16H20FNO3/c1-10(2)15(17)16(20)18-9-12(19)8-14(18)11-5-4-6-13(7-11)21-3/h4-7,12,14,19H,8-9H2,1-3H3/t12-,14+/m1/s1. The average molecular weight is 293 g/mol. The van der Waals surface area contributed by atoms with Crippen molar-refractivity contribution in [3.05, 3.63) is 41.2 Å². The lowest BCUT2D eigenvalue weighted by Crippen LogP contribution is -2.32. The van der Waals surface area contributed by atoms with E-state index in [-0.39, 0.29) is 12.6 Å². The Morgan fingerprint density at radius 1 is 1.43 bits per heavy atom. The number of halogens is 1. The number of hydrogen-bond donors (Lipinski definition) is 1. The summed E-state index contributed by atoms with van der Waals surface area (Å²) in [5.41, 5.74) is 1.17. The predicted octanol–water partition coefficient (Wildman–Crippen LogP) is 2.59. The van der Waals surface area contributed by atoms with Gasteiger partial charge in [0.05, 0.1) is 19.3 Å². The molecule has 1 aliphatic rings. The van der Waals surface area contributed by atoms with E-state index >= 15 is 0 Å². The molecule has 2 atom stereocenters. The lowest BCUT2D eigenvalue weighted by atomic mass is 10.0. The number of aliphatic hydroxyl groups is 1. The van der Waals surface area contributed by atoms with Gasteiger partial charge in [-0.15, -0.1) is 0 Å². The van der Waals surface area contributed by atoms with E-state index < -0.39 is 17.8 Å². The number of allylic oxidation sites excluding steroid dienone is 1. The van der Waals surface area contributed by atoms with Crippen LogP contribution in [0.2, 0.25) is 0 Å². The monoisotopic (exact) mass is 293 g/mol. The molecule has 21 heavy (non-hydrogen) atoms. The second-order valence-corrected chi connectivity index (χ2v) is 5.45. The zero-order valence-corrected chi connectivity index (χ0v) is 12.5. The van der Waals surface area contributed by atoms with Gasteiger partial charge >= 0.3 is 0 Å². The minimum Gasteiger partial charge on any atom is -0.497 e. The molecule has 1 aromatic carbocycles. The molecule has 4 nitrogen and oxygen atoms in total. The van der Waals surface area contributed by atoms with Crippen molar-refractivity contribution in [2.45, 2.75) is 32.4 Å². The van der Waals surface area contributed by atoms with E-state index in [0.29, 0.717) is 17.7 Å². The summed E-state index contributed by atoms with van der Waals surface area (Å²) < 4.78 is 19.1. The number of likely N-dealkylation sites (tertiary alicyclic amines) is 1. The summed E-state index contributed by atoms with van der Waals surface area (Å²) >= 11 is 0. The van der Waals surface area contributed by atoms with Gasteiger partial charge < -0.3 is 14.7 Å². The molecule has 0 spiro atoms. The van der Waals surface area contributed by atoms with Gasteiger partial charge in [0, 0.05) is 6.54 Å². The first kappa shape index (κ1) is 15.5. The molecular formula is C16H20FNO3. The van der Waals surface area contributed by atoms with E-state index in [2.05, 4.69) is 0 Å². The molecule has 1 amide bonds. The molecule has 0 aromatic heterocycles. The molecule has 0 radical (unpaired) electrons. The highest BCUT2D eigenvalue weighted by Gasteiger charge is 2.37. The van der Waals surface area contributed by atoms with Crippen molar-refractivity contribution in [1.82, 2.24) is 4.90 Å². The van der Waals surface area contributed by atoms with Crippen LogP contribution in [-0.4, -0.2) is 35.7 Å². The highest BCUT2D eigenvalue weighted by Crippen LogP contribution is 2.35. The van der Waals surface area contributed by atoms with Crippen molar-refractivity contribution >= 4 is 5.91 Å². The summed E-state index contributed by atoms with van der Waals surface area (Å²) in [5, 5.41) is 9.86. The topological polar surface area (TPSA) is 49.8 Å². The number of carbonyl (C=O) groups is 1. The van der Waals surface area contributed by atoms with E-state index in [9.17, 15) is 14.3 Å². The molecule has 2 rings (SSSR count). The van der Waals surface area contributed by atoms with Crippen molar-refractivity contribution in [1.29, 1.82) is 0 Å². The number of carbonyl (C=O) groups excluding carboxylic acids is 1. The Kier molecular flexibility index (Phi) is 4.63. The van der Waals surface area contributed by atoms with E-state index in [4.69, 9.17) is 4.74 Å². The quantitative estimate of drug-likeness (QED) is 0.872. The fourth-order valence-electron chi connectivity index (χ4n) is 2.54. The molecule has 1 aromatic rings. The van der Waals surface area contributed by atoms with Crippen LogP contribution in [0.4, 0.5) is 4.39 Å². The summed E-state index contributed by atoms with van der Waals surface area (Å²) in [4.78, 5) is 13.6. The number of rotatable bonds is 3. The Labute approximate surface area is 123 Å². The largest absolute Gasteiger partial charge is 0.497 e. The highest BCUT2D eigenvalue weighted by molar-refractivity contribution is 5.92. The first-order valence-corrected chi connectivity index (χ1v) is 6.90. The second-order valence-electron chi connectivity index (χ2n) is 5.45. The van der Waals surface area contributed by atoms with Crippen LogP contribution in [0.5, 0.6) is 5.75 Å². The minimum absolute atomic E-state index is 0.140. The van der Waals surface area contributed by atoms with Crippen LogP contribution in [-0.2, 0) is 4.79 Å². The summed E-state index contributed by atoms with van der Waals surface area (Å²) in [7, 11) is 1.56. The van der Waals surface area contributed by atoms with Crippen LogP contribution >= 0.6 is 0 Å². The molecule has 5 heteroatoms. The normalized spacial score (nSPS) is 21.3. The number of amides is 1. The number of nitrogens with zero attached hydrogens (tertiary/aromatic N) is 1. The smallest absolute Gasteiger partial charge is 0.283 e. The van der Waals surface area contributed by atoms with Gasteiger partial charge in [-0.05, 0) is 43.5 Å². The molecule has 0 aliphatic carbocycles. The fraction of sp³-hybridized carbons (Fsp3) is 0.438. The van der Waals surface area contributed by atoms with Gasteiger partial charge in [-0.1, -0.05) is 12.1 Å². The third-order valence-corrected chi connectivity index (χ3v) is 3.65. The molecule has 0 unspecified atom stereocenters. The van der Waals surface area contributed by atoms with Crippen LogP contribution in [0.25, 0.3) is 0 Å². The molecule has 1 N–H and O–H groups in total. The lowest BCUT2D eigenvalue weighted by molar-refractivity contribution is -0.130. The van der Waals surface area contributed by atoms with Crippen molar-refractivity contribution < 1.29 is 19.0 Å². The lowest BCUT2D eigenvalue weighted by Gasteiger charge is -2.24. The molecule has 1 heterocycles. The number of aliphatic hydroxyl groups excluding tert-OH is 1. The maximum absolute atomic E-state index is 13.9. The Balaban J connectivity index is 2.32. The summed E-state index contributed by atoms with van der Waals surface area (Å²) in [6.45, 7) is 3.25. The highest BCUT2D eigenvalue weighted by atomic mass is 19.1. The Hall–Kier alpha value is -1.88. The van der Waals surface area contributed by atoms with Gasteiger partial charge in [0.1, 0.15) is 5.75 Å². The van der Waals surface area contributed by atoms with Gasteiger partial charge in [0.25, 0.3) is 5.91 Å². The summed E-state index contributed by atoms with van der Waals surface area (Å²) in [5.74, 6) is -0.750. The average Bonchev–Trinajstić information content (AvgIpc) is 2.87. The Bertz CT molecular complexity index is 566. The Morgan fingerprint density at radius 2 is 2.14 bits per heavy atom. The van der Waals surface area contributed by atoms with Crippen molar-refractivity contribution in [2.75, 3.05) is 13.7 Å². The number of β-amino-alcohol motifs (C(OH)–C–C–N with tert-alkyl or cyclic N) is 1. The summed E-state index contributed by atoms with van der Waals surface area (Å²) in [6, 6.07) is 6.94. The molecular weight excluding hydrogens is 273 g/mol. The minimum atomic E-state index is -0.753. The van der Waals surface area contributed by atoms with Gasteiger partial charge in [-0.3, -0.25) is 4.79 Å². The van der Waals surface area contributed by atoms with Crippen LogP contribution < -0.4 is 4.74 Å². The van der Waals surface area contributed by atoms with Crippen LogP contribution in [0.3, 0.4) is 0 Å². The van der Waals surface area contributed by atoms with E-state index in [1.165, 1.54) is 4.90 Å². The van der Waals surface area contributed by atoms with Gasteiger partial charge in [-0.25, -0.2) is 4.39 Å². The van der Waals surface area contributed by atoms with E-state index in [1.807, 2.05) is 18.2 Å². The number of hydrogen-bond acceptors (Lipinski definition) is 3. The maximum atomic E-state index is 13.9. The molecule has 1 saturated heterocycles. The van der Waals surface area contributed by atoms with E-state index in [1.54, 1.807) is 27.0 Å². The first-order valence-electron chi connectivity index (χ1n) is 6.90. The van der Waals surface area contributed by atoms with Gasteiger partial charge in [0.15, 0.2) is 5.83 Å². The van der Waals surface area contributed by atoms with Crippen molar-refractivity contribution in [3.8, 4) is 5.75 Å². The third kappa shape index (κ3) is 3.24. The third-order valence-electron chi connectivity index (χ3n) is 3.65. The van der Waals surface area contributed by atoms with Crippen molar-refractivity contribution in [3.63, 3.8) is 0 Å². The Morgan fingerprint density at radius 3 is 2.76 bits per heavy atom. The zero-order valence-electron chi connectivity index (χ0n) is 12.5. The molecule has 1 fully saturated rings. The molecule has 0 bridgehead atoms. The SMILES string of the molecule is COc1cccc([C@@H]2C[C@@H](O)CN2C(=O)C(F)=C(C)C)c1. The first-order chi connectivity index (χ1) is 9.93. The van der Waals surface area contributed by atoms with Crippen LogP contribution in [0.15, 0.2) is 35.7 Å². The number of ether oxygens (including phenoxy) is 1. The zero-order chi connectivity index (χ0) is 15.6. The van der Waals surface area contributed by atoms with E-state index in [0.717, 1.165) is 5.56 Å². The number of methoxy groups -OCH3 is 1. The number of benzene rings is 1. The second kappa shape index (κ2) is 6.26.